The highest BCUT2D eigenvalue weighted by atomic mass is 16.5. The second kappa shape index (κ2) is 16.1. The van der Waals surface area contributed by atoms with Gasteiger partial charge in [-0.3, -0.25) is 0 Å². The zero-order valence-corrected chi connectivity index (χ0v) is 44.6. The van der Waals surface area contributed by atoms with Gasteiger partial charge in [-0.15, -0.1) is 0 Å². The first kappa shape index (κ1) is 44.3. The van der Waals surface area contributed by atoms with Gasteiger partial charge in [0.15, 0.2) is 0 Å². The van der Waals surface area contributed by atoms with E-state index in [9.17, 15) is 0 Å². The normalized spacial score (nSPS) is 14.6. The first-order valence-corrected chi connectivity index (χ1v) is 28.8. The van der Waals surface area contributed by atoms with E-state index >= 15 is 0 Å². The Morgan fingerprint density at radius 2 is 0.554 bits per heavy atom. The summed E-state index contributed by atoms with van der Waals surface area (Å²) in [6, 6.07) is 93.3. The van der Waals surface area contributed by atoms with Crippen LogP contribution in [0.25, 0.3) is 0 Å². The van der Waals surface area contributed by atoms with Crippen molar-refractivity contribution >= 4 is 161 Å². The number of hydrogen-bond donors (Lipinski definition) is 0. The molecule has 0 bridgehead atoms. The van der Waals surface area contributed by atoms with Crippen molar-refractivity contribution in [3.05, 3.63) is 255 Å². The molecule has 0 unspecified atom stereocenters. The predicted molar refractivity (Wildman–Crippen MR) is 343 cm³/mol. The van der Waals surface area contributed by atoms with Crippen molar-refractivity contribution in [1.29, 1.82) is 0 Å². The van der Waals surface area contributed by atoms with Crippen LogP contribution in [0, 0.1) is 0 Å². The molecule has 0 saturated heterocycles. The molecule has 0 spiro atoms. The highest BCUT2D eigenvalue weighted by Gasteiger charge is 2.53. The number of rotatable bonds is 3. The first-order chi connectivity index (χ1) is 41.2. The van der Waals surface area contributed by atoms with Crippen LogP contribution in [0.1, 0.15) is 0 Å². The summed E-state index contributed by atoms with van der Waals surface area (Å²) in [6.45, 7) is -0.464. The SMILES string of the molecule is c1ccc(N2c3ccccc3B3c4cc5c(cc4Oc4cccc2c43)Oc2cc3c4c6c2B5c2ccccc2N6c2cc5c(cc2B4c2ccccc2N3c2ccccc2)B2c3ccccc3N(c3ccccc3)c3cccc(c32)O5)cc1. The van der Waals surface area contributed by atoms with Crippen LogP contribution in [0.5, 0.6) is 34.5 Å². The zero-order valence-electron chi connectivity index (χ0n) is 44.6. The number of anilines is 12. The van der Waals surface area contributed by atoms with Gasteiger partial charge in [0.1, 0.15) is 34.5 Å². The van der Waals surface area contributed by atoms with Crippen LogP contribution in [-0.4, -0.2) is 26.9 Å². The van der Waals surface area contributed by atoms with Crippen LogP contribution in [0.4, 0.5) is 68.2 Å². The molecule has 8 aliphatic heterocycles. The lowest BCUT2D eigenvalue weighted by Crippen LogP contribution is -2.69. The van der Waals surface area contributed by atoms with E-state index in [0.29, 0.717) is 0 Å². The third-order valence-electron chi connectivity index (χ3n) is 19.0. The van der Waals surface area contributed by atoms with Crippen molar-refractivity contribution < 1.29 is 14.2 Å². The van der Waals surface area contributed by atoms with E-state index in [1.54, 1.807) is 0 Å². The summed E-state index contributed by atoms with van der Waals surface area (Å²) in [5, 5.41) is 0. The second-order valence-electron chi connectivity index (χ2n) is 22.9. The van der Waals surface area contributed by atoms with Crippen molar-refractivity contribution in [2.24, 2.45) is 0 Å². The van der Waals surface area contributed by atoms with Gasteiger partial charge in [-0.05, 0) is 150 Å². The van der Waals surface area contributed by atoms with Gasteiger partial charge in [-0.1, -0.05) is 152 Å². The van der Waals surface area contributed by atoms with E-state index in [0.717, 1.165) is 96.6 Å². The standard InChI is InChI=1S/C72H42B4N4O3/c1-4-20-43(21-5-1)77-54-30-14-11-27-47(54)74-51-38-50-60(40-64(51)81-62-36-18-34-58(77)68(62)74)80-57-33-17-13-29-49(57)76-53-39-52-65(82-63-37-19-35-59-69(63)75(52)48-28-12-15-31-55(48)78(59)44-22-6-2-7-23-44)42-66(53)83-67-41-61-70(72(80)71(67)76)73(50)46-26-10-16-32-56(46)79(61)45-24-8-3-9-25-45/h1-42H. The lowest BCUT2D eigenvalue weighted by Gasteiger charge is -2.49. The molecule has 380 valence electrons. The molecule has 7 nitrogen and oxygen atoms in total. The third kappa shape index (κ3) is 5.73. The molecule has 20 rings (SSSR count). The lowest BCUT2D eigenvalue weighted by atomic mass is 9.27. The maximum absolute atomic E-state index is 7.56. The van der Waals surface area contributed by atoms with Gasteiger partial charge >= 0.3 is 0 Å². The van der Waals surface area contributed by atoms with Gasteiger partial charge in [0, 0.05) is 86.4 Å². The van der Waals surface area contributed by atoms with Gasteiger partial charge in [0.05, 0.1) is 0 Å². The van der Waals surface area contributed by atoms with Gasteiger partial charge < -0.3 is 33.8 Å². The van der Waals surface area contributed by atoms with E-state index in [4.69, 9.17) is 14.2 Å². The summed E-state index contributed by atoms with van der Waals surface area (Å²) in [5.41, 5.74) is 28.1. The Morgan fingerprint density at radius 3 is 1.04 bits per heavy atom. The van der Waals surface area contributed by atoms with Crippen LogP contribution in [0.2, 0.25) is 0 Å². The molecule has 0 radical (unpaired) electrons. The Balaban J connectivity index is 0.833. The summed E-state index contributed by atoms with van der Waals surface area (Å²) < 4.78 is 22.0. The van der Waals surface area contributed by atoms with Crippen molar-refractivity contribution in [3.8, 4) is 34.5 Å². The molecule has 0 saturated carbocycles. The van der Waals surface area contributed by atoms with Crippen LogP contribution in [0.3, 0.4) is 0 Å². The molecule has 0 aromatic heterocycles. The van der Waals surface area contributed by atoms with Gasteiger partial charge in [-0.2, -0.15) is 0 Å². The number of fused-ring (bicyclic) bond motifs is 18. The average molecular weight is 1050 g/mol. The average Bonchev–Trinajstić information content (AvgIpc) is 1.92. The fourth-order valence-corrected chi connectivity index (χ4v) is 15.9. The van der Waals surface area contributed by atoms with Gasteiger partial charge in [0.2, 0.25) is 0 Å². The first-order valence-electron chi connectivity index (χ1n) is 28.8. The molecule has 12 aromatic rings. The summed E-state index contributed by atoms with van der Waals surface area (Å²) in [6.07, 6.45) is 0. The third-order valence-corrected chi connectivity index (χ3v) is 19.0. The van der Waals surface area contributed by atoms with Crippen molar-refractivity contribution in [1.82, 2.24) is 0 Å². The number of benzene rings is 12. The topological polar surface area (TPSA) is 40.7 Å². The van der Waals surface area contributed by atoms with E-state index in [-0.39, 0.29) is 26.9 Å². The maximum atomic E-state index is 7.56. The number of para-hydroxylation sites is 7. The van der Waals surface area contributed by atoms with Crippen LogP contribution < -0.4 is 99.4 Å². The highest BCUT2D eigenvalue weighted by Crippen LogP contribution is 2.50. The molecule has 0 fully saturated rings. The molecule has 8 heterocycles. The summed E-state index contributed by atoms with van der Waals surface area (Å²) in [4.78, 5) is 9.85. The predicted octanol–water partition coefficient (Wildman–Crippen LogP) is 9.51. The van der Waals surface area contributed by atoms with Gasteiger partial charge in [0.25, 0.3) is 26.9 Å². The van der Waals surface area contributed by atoms with Gasteiger partial charge in [-0.25, -0.2) is 0 Å². The Labute approximate surface area is 481 Å². The molecule has 0 aliphatic carbocycles. The fourth-order valence-electron chi connectivity index (χ4n) is 15.9. The second-order valence-corrected chi connectivity index (χ2v) is 22.9. The fraction of sp³-hybridized carbons (Fsp3) is 0. The molecule has 8 aliphatic rings. The summed E-state index contributed by atoms with van der Waals surface area (Å²) >= 11 is 0. The maximum Gasteiger partial charge on any atom is 0.256 e. The lowest BCUT2D eigenvalue weighted by molar-refractivity contribution is 0.466. The van der Waals surface area contributed by atoms with Crippen LogP contribution in [0.15, 0.2) is 255 Å². The molecular weight excluding hydrogens is 1010 g/mol. The molecular formula is C72H42B4N4O3. The quantitative estimate of drug-likeness (QED) is 0.164. The van der Waals surface area contributed by atoms with E-state index in [1.807, 2.05) is 0 Å². The van der Waals surface area contributed by atoms with Crippen molar-refractivity contribution in [2.45, 2.75) is 0 Å². The Morgan fingerprint density at radius 1 is 0.205 bits per heavy atom. The smallest absolute Gasteiger partial charge is 0.256 e. The molecule has 0 atom stereocenters. The minimum absolute atomic E-state index is 0.0751. The summed E-state index contributed by atoms with van der Waals surface area (Å²) in [7, 11) is 0. The molecule has 0 amide bonds. The molecule has 12 aromatic carbocycles. The molecule has 0 N–H and O–H groups in total. The Kier molecular flexibility index (Phi) is 8.60. The zero-order chi connectivity index (χ0) is 53.8. The van der Waals surface area contributed by atoms with E-state index < -0.39 is 0 Å². The Hall–Kier alpha value is -10.5. The van der Waals surface area contributed by atoms with Crippen LogP contribution >= 0.6 is 0 Å². The number of hydrogen-bond acceptors (Lipinski definition) is 7. The number of ether oxygens (including phenoxy) is 3. The van der Waals surface area contributed by atoms with Crippen LogP contribution in [-0.2, 0) is 0 Å². The largest absolute Gasteiger partial charge is 0.458 e. The Bertz CT molecular complexity index is 4870. The summed E-state index contributed by atoms with van der Waals surface area (Å²) in [5.74, 6) is 5.08. The van der Waals surface area contributed by atoms with Crippen molar-refractivity contribution in [2.75, 3.05) is 19.6 Å². The number of nitrogens with zero attached hydrogens (tertiary/aromatic N) is 4. The highest BCUT2D eigenvalue weighted by molar-refractivity contribution is 7.06. The monoisotopic (exact) mass is 1050 g/mol. The molecule has 83 heavy (non-hydrogen) atoms. The minimum Gasteiger partial charge on any atom is -0.458 e. The van der Waals surface area contributed by atoms with E-state index in [2.05, 4.69) is 274 Å². The van der Waals surface area contributed by atoms with E-state index in [1.165, 1.54) is 71.7 Å². The van der Waals surface area contributed by atoms with Crippen molar-refractivity contribution in [3.63, 3.8) is 0 Å². The minimum atomic E-state index is -0.168. The molecule has 11 heteroatoms.